The maximum atomic E-state index is 14.4. The van der Waals surface area contributed by atoms with Crippen LogP contribution in [0.15, 0.2) is 66.7 Å². The van der Waals surface area contributed by atoms with Gasteiger partial charge in [-0.15, -0.1) is 0 Å². The third kappa shape index (κ3) is 5.29. The number of hydrogen-bond acceptors (Lipinski definition) is 0. The molecule has 0 bridgehead atoms. The summed E-state index contributed by atoms with van der Waals surface area (Å²) >= 11 is 0. The Balaban J connectivity index is 1.63. The summed E-state index contributed by atoms with van der Waals surface area (Å²) < 4.78 is 14.4. The Morgan fingerprint density at radius 3 is 1.52 bits per heavy atom. The van der Waals surface area contributed by atoms with Crippen molar-refractivity contribution < 1.29 is 4.39 Å². The summed E-state index contributed by atoms with van der Waals surface area (Å²) in [6.07, 6.45) is 6.34. The molecule has 0 heterocycles. The second kappa shape index (κ2) is 9.50. The molecule has 0 nitrogen and oxygen atoms in total. The molecule has 140 valence electrons. The van der Waals surface area contributed by atoms with E-state index < -0.39 is 0 Å². The fraction of sp³-hybridized carbons (Fsp3) is 0.308. The van der Waals surface area contributed by atoms with Gasteiger partial charge in [-0.2, -0.15) is 0 Å². The van der Waals surface area contributed by atoms with Crippen molar-refractivity contribution in [3.8, 4) is 11.1 Å². The number of aryl methyl sites for hydroxylation is 4. The van der Waals surface area contributed by atoms with Gasteiger partial charge in [-0.1, -0.05) is 87.4 Å². The third-order valence-corrected chi connectivity index (χ3v) is 5.10. The van der Waals surface area contributed by atoms with Gasteiger partial charge < -0.3 is 0 Å². The average Bonchev–Trinajstić information content (AvgIpc) is 2.69. The lowest BCUT2D eigenvalue weighted by molar-refractivity contribution is 0.628. The van der Waals surface area contributed by atoms with Crippen LogP contribution in [0.1, 0.15) is 48.9 Å². The topological polar surface area (TPSA) is 0 Å². The lowest BCUT2D eigenvalue weighted by Crippen LogP contribution is -1.93. The standard InChI is InChI=1S/C26H29F/c1-3-5-20-7-9-21(10-8-20)11-12-22-13-16-24(17-14-22)25-18-15-23(6-4-2)19-26(25)27/h7-10,13-19H,3-6,11-12H2,1-2H3. The smallest absolute Gasteiger partial charge is 0.131 e. The highest BCUT2D eigenvalue weighted by molar-refractivity contribution is 5.64. The van der Waals surface area contributed by atoms with Gasteiger partial charge in [0.15, 0.2) is 0 Å². The molecule has 0 N–H and O–H groups in total. The normalized spacial score (nSPS) is 10.9. The summed E-state index contributed by atoms with van der Waals surface area (Å²) in [6, 6.07) is 22.9. The van der Waals surface area contributed by atoms with Crippen molar-refractivity contribution in [2.45, 2.75) is 52.4 Å². The third-order valence-electron chi connectivity index (χ3n) is 5.10. The first-order valence-electron chi connectivity index (χ1n) is 10.1. The van der Waals surface area contributed by atoms with Crippen LogP contribution in [0.2, 0.25) is 0 Å². The monoisotopic (exact) mass is 360 g/mol. The molecule has 0 saturated carbocycles. The predicted molar refractivity (Wildman–Crippen MR) is 114 cm³/mol. The van der Waals surface area contributed by atoms with Gasteiger partial charge in [0.25, 0.3) is 0 Å². The van der Waals surface area contributed by atoms with Gasteiger partial charge >= 0.3 is 0 Å². The molecule has 3 aromatic rings. The fourth-order valence-corrected chi connectivity index (χ4v) is 3.54. The quantitative estimate of drug-likeness (QED) is 0.399. The predicted octanol–water partition coefficient (Wildman–Crippen LogP) is 7.18. The molecular formula is C26H29F. The van der Waals surface area contributed by atoms with Gasteiger partial charge in [-0.3, -0.25) is 0 Å². The van der Waals surface area contributed by atoms with Crippen molar-refractivity contribution >= 4 is 0 Å². The molecule has 0 fully saturated rings. The van der Waals surface area contributed by atoms with Gasteiger partial charge in [-0.05, 0) is 59.6 Å². The first-order chi connectivity index (χ1) is 13.2. The number of halogens is 1. The number of rotatable bonds is 8. The minimum Gasteiger partial charge on any atom is -0.206 e. The molecule has 0 radical (unpaired) electrons. The zero-order valence-electron chi connectivity index (χ0n) is 16.5. The van der Waals surface area contributed by atoms with Crippen molar-refractivity contribution in [1.29, 1.82) is 0 Å². The molecule has 27 heavy (non-hydrogen) atoms. The van der Waals surface area contributed by atoms with Gasteiger partial charge in [0.05, 0.1) is 0 Å². The molecule has 0 amide bonds. The molecule has 0 unspecified atom stereocenters. The van der Waals surface area contributed by atoms with Gasteiger partial charge in [0.2, 0.25) is 0 Å². The van der Waals surface area contributed by atoms with Crippen LogP contribution in [0, 0.1) is 5.82 Å². The van der Waals surface area contributed by atoms with Crippen molar-refractivity contribution in [2.24, 2.45) is 0 Å². The van der Waals surface area contributed by atoms with E-state index in [1.165, 1.54) is 23.1 Å². The molecule has 3 aromatic carbocycles. The maximum absolute atomic E-state index is 14.4. The SMILES string of the molecule is CCCc1ccc(CCc2ccc(-c3ccc(CCC)cc3F)cc2)cc1. The summed E-state index contributed by atoms with van der Waals surface area (Å²) in [5.41, 5.74) is 6.78. The van der Waals surface area contributed by atoms with E-state index in [4.69, 9.17) is 0 Å². The lowest BCUT2D eigenvalue weighted by Gasteiger charge is -2.08. The molecule has 0 spiro atoms. The molecule has 3 rings (SSSR count). The zero-order valence-corrected chi connectivity index (χ0v) is 16.5. The van der Waals surface area contributed by atoms with Crippen LogP contribution < -0.4 is 0 Å². The molecule has 0 atom stereocenters. The Labute approximate surface area is 163 Å². The van der Waals surface area contributed by atoms with E-state index in [0.717, 1.165) is 43.2 Å². The van der Waals surface area contributed by atoms with E-state index in [0.29, 0.717) is 5.56 Å². The van der Waals surface area contributed by atoms with Gasteiger partial charge in [0, 0.05) is 5.56 Å². The molecule has 0 aliphatic rings. The van der Waals surface area contributed by atoms with Gasteiger partial charge in [-0.25, -0.2) is 4.39 Å². The maximum Gasteiger partial charge on any atom is 0.131 e. The highest BCUT2D eigenvalue weighted by atomic mass is 19.1. The summed E-state index contributed by atoms with van der Waals surface area (Å²) in [5.74, 6) is -0.124. The largest absolute Gasteiger partial charge is 0.206 e. The van der Waals surface area contributed by atoms with E-state index >= 15 is 0 Å². The molecule has 0 aliphatic heterocycles. The minimum atomic E-state index is -0.124. The van der Waals surface area contributed by atoms with Crippen LogP contribution in [0.3, 0.4) is 0 Å². The van der Waals surface area contributed by atoms with Crippen LogP contribution in [-0.4, -0.2) is 0 Å². The zero-order chi connectivity index (χ0) is 19.1. The Hall–Kier alpha value is -2.41. The van der Waals surface area contributed by atoms with E-state index in [1.54, 1.807) is 6.07 Å². The van der Waals surface area contributed by atoms with Crippen molar-refractivity contribution in [3.05, 3.63) is 94.8 Å². The van der Waals surface area contributed by atoms with E-state index in [2.05, 4.69) is 50.2 Å². The first kappa shape index (κ1) is 19.4. The summed E-state index contributed by atoms with van der Waals surface area (Å²) in [4.78, 5) is 0. The average molecular weight is 361 g/mol. The van der Waals surface area contributed by atoms with Crippen molar-refractivity contribution in [3.63, 3.8) is 0 Å². The van der Waals surface area contributed by atoms with Crippen molar-refractivity contribution in [1.82, 2.24) is 0 Å². The summed E-state index contributed by atoms with van der Waals surface area (Å²) in [7, 11) is 0. The van der Waals surface area contributed by atoms with Crippen LogP contribution in [-0.2, 0) is 25.7 Å². The van der Waals surface area contributed by atoms with Crippen LogP contribution in [0.4, 0.5) is 4.39 Å². The Bertz CT molecular complexity index is 844. The van der Waals surface area contributed by atoms with Crippen LogP contribution in [0.25, 0.3) is 11.1 Å². The highest BCUT2D eigenvalue weighted by Crippen LogP contribution is 2.25. The fourth-order valence-electron chi connectivity index (χ4n) is 3.54. The minimum absolute atomic E-state index is 0.124. The van der Waals surface area contributed by atoms with Gasteiger partial charge in [0.1, 0.15) is 5.82 Å². The first-order valence-corrected chi connectivity index (χ1v) is 10.1. The second-order valence-corrected chi connectivity index (χ2v) is 7.33. The molecule has 0 saturated heterocycles. The van der Waals surface area contributed by atoms with E-state index in [9.17, 15) is 4.39 Å². The van der Waals surface area contributed by atoms with E-state index in [-0.39, 0.29) is 5.82 Å². The lowest BCUT2D eigenvalue weighted by atomic mass is 9.98. The highest BCUT2D eigenvalue weighted by Gasteiger charge is 2.06. The molecule has 1 heteroatoms. The Morgan fingerprint density at radius 2 is 1.00 bits per heavy atom. The van der Waals surface area contributed by atoms with E-state index in [1.807, 2.05) is 24.3 Å². The van der Waals surface area contributed by atoms with Crippen LogP contribution in [0.5, 0.6) is 0 Å². The molecular weight excluding hydrogens is 331 g/mol. The second-order valence-electron chi connectivity index (χ2n) is 7.33. The number of benzene rings is 3. The summed E-state index contributed by atoms with van der Waals surface area (Å²) in [6.45, 7) is 4.33. The van der Waals surface area contributed by atoms with Crippen molar-refractivity contribution in [2.75, 3.05) is 0 Å². The Morgan fingerprint density at radius 1 is 0.556 bits per heavy atom. The Kier molecular flexibility index (Phi) is 6.81. The van der Waals surface area contributed by atoms with Crippen LogP contribution >= 0.6 is 0 Å². The molecule has 0 aromatic heterocycles. The number of hydrogen-bond donors (Lipinski definition) is 0. The molecule has 0 aliphatic carbocycles. The summed E-state index contributed by atoms with van der Waals surface area (Å²) in [5, 5.41) is 0.